The normalized spacial score (nSPS) is 6.92. The maximum atomic E-state index is 9.13. The molecule has 0 saturated heterocycles. The third-order valence-electron chi connectivity index (χ3n) is 0.799. The summed E-state index contributed by atoms with van der Waals surface area (Å²) in [4.78, 5) is 18.3. The topological polar surface area (TPSA) is 58.9 Å². The number of nitrogens with zero attached hydrogens (tertiary/aromatic N) is 2. The van der Waals surface area contributed by atoms with Crippen molar-refractivity contribution in [2.75, 3.05) is 0 Å². The molecule has 0 saturated carbocycles. The fourth-order valence-electron chi connectivity index (χ4n) is 0.340. The van der Waals surface area contributed by atoms with Crippen molar-refractivity contribution in [3.8, 4) is 0 Å². The van der Waals surface area contributed by atoms with Gasteiger partial charge in [-0.05, 0) is 0 Å². The Kier molecular flexibility index (Phi) is 19.2. The number of hydrogen-bond donors (Lipinski definition) is 0. The van der Waals surface area contributed by atoms with E-state index in [0.717, 1.165) is 0 Å². The largest absolute Gasteiger partial charge is 0.358 e. The molecule has 0 heterocycles. The van der Waals surface area contributed by atoms with E-state index in [9.17, 15) is 0 Å². The molecule has 0 aliphatic rings. The van der Waals surface area contributed by atoms with Crippen LogP contribution in [0.1, 0.15) is 0 Å². The molecule has 0 radical (unpaired) electrons. The molecular weight excluding hydrogens is 340 g/mol. The van der Waals surface area contributed by atoms with Crippen molar-refractivity contribution in [3.05, 3.63) is 54.5 Å². The summed E-state index contributed by atoms with van der Waals surface area (Å²) in [5, 5.41) is 4.33. The van der Waals surface area contributed by atoms with Crippen LogP contribution in [-0.4, -0.2) is 6.17 Å². The average Bonchev–Trinajstić information content (AvgIpc) is 2.60. The summed E-state index contributed by atoms with van der Waals surface area (Å²) >= 11 is 0. The van der Waals surface area contributed by atoms with E-state index in [1.807, 2.05) is 30.3 Å². The molecule has 0 aromatic heterocycles. The predicted molar refractivity (Wildman–Crippen MR) is 49.2 cm³/mol. The Morgan fingerprint density at radius 1 is 1.15 bits per heavy atom. The first-order valence-electron chi connectivity index (χ1n) is 2.96. The molecular formula is C8H11N2O2W-3. The first-order chi connectivity index (χ1) is 5.31. The van der Waals surface area contributed by atoms with Gasteiger partial charge in [-0.15, -0.1) is 0 Å². The predicted octanol–water partition coefficient (Wildman–Crippen LogP) is 2.53. The molecule has 1 aromatic carbocycles. The van der Waals surface area contributed by atoms with Gasteiger partial charge in [0.2, 0.25) is 0 Å². The molecule has 0 amide bonds. The Balaban J connectivity index is -0.000000134. The standard InChI is InChI=1S/C5H5.C2H3N2O2.CH3.W/c1-2-4-5-3-1;1-2(3-5)4-6;;/h1-5H;2H,1H2;1H3;/q3*-1;. The quantitative estimate of drug-likeness (QED) is 0.607. The zero-order chi connectivity index (χ0) is 8.53. The van der Waals surface area contributed by atoms with Crippen molar-refractivity contribution in [2.24, 2.45) is 10.4 Å². The van der Waals surface area contributed by atoms with Gasteiger partial charge in [0.1, 0.15) is 6.17 Å². The van der Waals surface area contributed by atoms with E-state index < -0.39 is 6.17 Å². The SMILES string of the molecule is [CH2-]C(N=O)N=O.[CH3-].[W].c1cc[cH-]c1. The van der Waals surface area contributed by atoms with Crippen molar-refractivity contribution < 1.29 is 21.1 Å². The fraction of sp³-hybridized carbons (Fsp3) is 0.125. The van der Waals surface area contributed by atoms with E-state index in [1.54, 1.807) is 0 Å². The van der Waals surface area contributed by atoms with E-state index in [0.29, 0.717) is 0 Å². The number of hydrogen-bond acceptors (Lipinski definition) is 4. The smallest absolute Gasteiger partial charge is 0.102 e. The van der Waals surface area contributed by atoms with E-state index >= 15 is 0 Å². The van der Waals surface area contributed by atoms with Gasteiger partial charge in [0.05, 0.1) is 0 Å². The van der Waals surface area contributed by atoms with Gasteiger partial charge in [-0.2, -0.15) is 28.0 Å². The van der Waals surface area contributed by atoms with Crippen molar-refractivity contribution in [1.29, 1.82) is 0 Å². The Labute approximate surface area is 92.3 Å². The van der Waals surface area contributed by atoms with Gasteiger partial charge in [0.15, 0.2) is 0 Å². The average molecular weight is 351 g/mol. The molecule has 1 rings (SSSR count). The van der Waals surface area contributed by atoms with E-state index in [-0.39, 0.29) is 28.5 Å². The van der Waals surface area contributed by atoms with Crippen molar-refractivity contribution >= 4 is 0 Å². The van der Waals surface area contributed by atoms with Gasteiger partial charge in [0.25, 0.3) is 0 Å². The molecule has 74 valence electrons. The second-order valence-electron chi connectivity index (χ2n) is 1.65. The molecule has 0 aliphatic carbocycles. The van der Waals surface area contributed by atoms with Crippen LogP contribution in [0.4, 0.5) is 0 Å². The van der Waals surface area contributed by atoms with Crippen molar-refractivity contribution in [3.63, 3.8) is 0 Å². The summed E-state index contributed by atoms with van der Waals surface area (Å²) in [6, 6.07) is 10.0. The zero-order valence-electron chi connectivity index (χ0n) is 7.29. The number of nitroso groups, excluding NO2 is 2. The van der Waals surface area contributed by atoms with Crippen LogP contribution in [0.3, 0.4) is 0 Å². The van der Waals surface area contributed by atoms with Crippen LogP contribution in [0.25, 0.3) is 0 Å². The van der Waals surface area contributed by atoms with Crippen molar-refractivity contribution in [1.82, 2.24) is 0 Å². The van der Waals surface area contributed by atoms with E-state index in [2.05, 4.69) is 17.3 Å². The molecule has 0 fully saturated rings. The van der Waals surface area contributed by atoms with Crippen molar-refractivity contribution in [2.45, 2.75) is 6.17 Å². The molecule has 0 unspecified atom stereocenters. The van der Waals surface area contributed by atoms with Crippen LogP contribution < -0.4 is 0 Å². The third-order valence-corrected chi connectivity index (χ3v) is 0.799. The minimum atomic E-state index is -1.18. The monoisotopic (exact) mass is 351 g/mol. The number of rotatable bonds is 2. The van der Waals surface area contributed by atoms with Gasteiger partial charge in [-0.3, -0.25) is 6.92 Å². The van der Waals surface area contributed by atoms with E-state index in [1.165, 1.54) is 0 Å². The Morgan fingerprint density at radius 3 is 1.62 bits per heavy atom. The van der Waals surface area contributed by atoms with Crippen LogP contribution in [0, 0.1) is 24.2 Å². The molecule has 4 nitrogen and oxygen atoms in total. The minimum Gasteiger partial charge on any atom is -0.358 e. The molecule has 13 heavy (non-hydrogen) atoms. The first kappa shape index (κ1) is 18.1. The summed E-state index contributed by atoms with van der Waals surface area (Å²) in [6.45, 7) is 2.92. The van der Waals surface area contributed by atoms with E-state index in [4.69, 9.17) is 9.81 Å². The van der Waals surface area contributed by atoms with Crippen LogP contribution in [0.15, 0.2) is 40.7 Å². The van der Waals surface area contributed by atoms with Gasteiger partial charge >= 0.3 is 0 Å². The molecule has 0 atom stereocenters. The van der Waals surface area contributed by atoms with Gasteiger partial charge in [-0.1, -0.05) is 10.4 Å². The molecule has 0 bridgehead atoms. The maximum absolute atomic E-state index is 9.13. The summed E-state index contributed by atoms with van der Waals surface area (Å²) < 4.78 is 0. The zero-order valence-corrected chi connectivity index (χ0v) is 10.2. The Bertz CT molecular complexity index is 165. The first-order valence-corrected chi connectivity index (χ1v) is 2.96. The molecule has 5 heteroatoms. The fourth-order valence-corrected chi connectivity index (χ4v) is 0.340. The summed E-state index contributed by atoms with van der Waals surface area (Å²) in [7, 11) is 0. The summed E-state index contributed by atoms with van der Waals surface area (Å²) in [5.41, 5.74) is 0. The molecule has 1 aromatic rings. The second kappa shape index (κ2) is 13.8. The van der Waals surface area contributed by atoms with Crippen LogP contribution in [0.2, 0.25) is 0 Å². The van der Waals surface area contributed by atoms with Gasteiger partial charge in [0, 0.05) is 21.1 Å². The summed E-state index contributed by atoms with van der Waals surface area (Å²) in [5.74, 6) is 0. The summed E-state index contributed by atoms with van der Waals surface area (Å²) in [6.07, 6.45) is -1.18. The van der Waals surface area contributed by atoms with Gasteiger partial charge in [-0.25, -0.2) is 12.1 Å². The van der Waals surface area contributed by atoms with Crippen LogP contribution in [-0.2, 0) is 21.1 Å². The third kappa shape index (κ3) is 14.1. The van der Waals surface area contributed by atoms with Crippen LogP contribution in [0.5, 0.6) is 0 Å². The Hall–Kier alpha value is -0.762. The second-order valence-corrected chi connectivity index (χ2v) is 1.65. The molecule has 0 aliphatic heterocycles. The maximum Gasteiger partial charge on any atom is 0.102 e. The van der Waals surface area contributed by atoms with Crippen LogP contribution >= 0.6 is 0 Å². The molecule has 0 N–H and O–H groups in total. The molecule has 0 spiro atoms. The Morgan fingerprint density at radius 2 is 1.54 bits per heavy atom. The van der Waals surface area contributed by atoms with Gasteiger partial charge < -0.3 is 7.43 Å². The minimum absolute atomic E-state index is 0.